The van der Waals surface area contributed by atoms with E-state index in [0.29, 0.717) is 6.61 Å². The van der Waals surface area contributed by atoms with Crippen molar-refractivity contribution in [1.82, 2.24) is 15.1 Å². The van der Waals surface area contributed by atoms with Crippen LogP contribution in [0.25, 0.3) is 0 Å². The lowest BCUT2D eigenvalue weighted by Gasteiger charge is -2.20. The van der Waals surface area contributed by atoms with Crippen molar-refractivity contribution in [1.29, 1.82) is 0 Å². The lowest BCUT2D eigenvalue weighted by Crippen LogP contribution is -2.35. The summed E-state index contributed by atoms with van der Waals surface area (Å²) in [7, 11) is 0. The molecule has 2 atom stereocenters. The Morgan fingerprint density at radius 1 is 1.50 bits per heavy atom. The standard InChI is InChI=1S/C13H23N3O2/c1-5-10(4)15-12(13(17)18-7-3)11-8-14-16(6-2)9-11/h8-10,12,15H,5-7H2,1-4H3. The molecule has 18 heavy (non-hydrogen) atoms. The summed E-state index contributed by atoms with van der Waals surface area (Å²) in [5.41, 5.74) is 0.857. The number of rotatable bonds is 7. The quantitative estimate of drug-likeness (QED) is 0.754. The van der Waals surface area contributed by atoms with Crippen molar-refractivity contribution in [3.05, 3.63) is 18.0 Å². The molecule has 1 rings (SSSR count). The van der Waals surface area contributed by atoms with Crippen LogP contribution in [0.5, 0.6) is 0 Å². The molecule has 0 aliphatic carbocycles. The maximum Gasteiger partial charge on any atom is 0.327 e. The summed E-state index contributed by atoms with van der Waals surface area (Å²) in [6.45, 7) is 9.13. The Morgan fingerprint density at radius 3 is 2.72 bits per heavy atom. The van der Waals surface area contributed by atoms with E-state index in [2.05, 4.69) is 24.3 Å². The molecular formula is C13H23N3O2. The molecule has 0 bridgehead atoms. The number of ether oxygens (including phenoxy) is 1. The first kappa shape index (κ1) is 14.7. The summed E-state index contributed by atoms with van der Waals surface area (Å²) in [5.74, 6) is -0.242. The minimum Gasteiger partial charge on any atom is -0.465 e. The van der Waals surface area contributed by atoms with Crippen molar-refractivity contribution >= 4 is 5.97 Å². The zero-order chi connectivity index (χ0) is 13.5. The molecule has 102 valence electrons. The molecule has 0 saturated heterocycles. The Hall–Kier alpha value is -1.36. The zero-order valence-corrected chi connectivity index (χ0v) is 11.6. The molecule has 0 aliphatic heterocycles. The highest BCUT2D eigenvalue weighted by Gasteiger charge is 2.24. The molecule has 0 fully saturated rings. The maximum atomic E-state index is 12.0. The highest BCUT2D eigenvalue weighted by molar-refractivity contribution is 5.77. The van der Waals surface area contributed by atoms with Gasteiger partial charge in [-0.05, 0) is 27.2 Å². The second-order valence-electron chi connectivity index (χ2n) is 4.29. The van der Waals surface area contributed by atoms with Crippen LogP contribution in [0.2, 0.25) is 0 Å². The van der Waals surface area contributed by atoms with E-state index in [0.717, 1.165) is 18.5 Å². The smallest absolute Gasteiger partial charge is 0.327 e. The molecule has 1 aromatic heterocycles. The molecule has 0 aromatic carbocycles. The first-order valence-electron chi connectivity index (χ1n) is 6.57. The van der Waals surface area contributed by atoms with Crippen LogP contribution in [-0.4, -0.2) is 28.4 Å². The predicted molar refractivity (Wildman–Crippen MR) is 70.2 cm³/mol. The molecule has 0 aliphatic rings. The summed E-state index contributed by atoms with van der Waals surface area (Å²) >= 11 is 0. The van der Waals surface area contributed by atoms with Crippen LogP contribution in [0.1, 0.15) is 45.7 Å². The Balaban J connectivity index is 2.85. The van der Waals surface area contributed by atoms with E-state index in [4.69, 9.17) is 4.74 Å². The third kappa shape index (κ3) is 3.84. The van der Waals surface area contributed by atoms with Gasteiger partial charge in [0.2, 0.25) is 0 Å². The Morgan fingerprint density at radius 2 is 2.22 bits per heavy atom. The van der Waals surface area contributed by atoms with E-state index in [1.807, 2.05) is 20.0 Å². The fourth-order valence-corrected chi connectivity index (χ4v) is 1.63. The molecule has 0 amide bonds. The third-order valence-electron chi connectivity index (χ3n) is 2.90. The van der Waals surface area contributed by atoms with Crippen molar-refractivity contribution in [2.45, 2.75) is 52.7 Å². The summed E-state index contributed by atoms with van der Waals surface area (Å²) in [4.78, 5) is 12.0. The molecule has 2 unspecified atom stereocenters. The normalized spacial score (nSPS) is 14.2. The molecule has 1 N–H and O–H groups in total. The number of hydrogen-bond acceptors (Lipinski definition) is 4. The number of esters is 1. The first-order valence-corrected chi connectivity index (χ1v) is 6.57. The number of aromatic nitrogens is 2. The van der Waals surface area contributed by atoms with Gasteiger partial charge in [-0.3, -0.25) is 10.00 Å². The van der Waals surface area contributed by atoms with Crippen LogP contribution < -0.4 is 5.32 Å². The lowest BCUT2D eigenvalue weighted by molar-refractivity contribution is -0.146. The Bertz CT molecular complexity index is 376. The largest absolute Gasteiger partial charge is 0.465 e. The van der Waals surface area contributed by atoms with E-state index in [1.54, 1.807) is 10.9 Å². The van der Waals surface area contributed by atoms with Crippen molar-refractivity contribution < 1.29 is 9.53 Å². The van der Waals surface area contributed by atoms with Crippen molar-refractivity contribution in [2.75, 3.05) is 6.61 Å². The van der Waals surface area contributed by atoms with E-state index in [9.17, 15) is 4.79 Å². The molecule has 0 saturated carbocycles. The molecule has 0 radical (unpaired) electrons. The summed E-state index contributed by atoms with van der Waals surface area (Å²) in [6.07, 6.45) is 4.56. The predicted octanol–water partition coefficient (Wildman–Crippen LogP) is 1.90. The number of nitrogens with one attached hydrogen (secondary N) is 1. The maximum absolute atomic E-state index is 12.0. The van der Waals surface area contributed by atoms with E-state index in [-0.39, 0.29) is 12.0 Å². The number of carbonyl (C=O) groups excluding carboxylic acids is 1. The summed E-state index contributed by atoms with van der Waals surface area (Å²) < 4.78 is 6.91. The van der Waals surface area contributed by atoms with Crippen LogP contribution in [0.3, 0.4) is 0 Å². The average molecular weight is 253 g/mol. The number of aryl methyl sites for hydroxylation is 1. The van der Waals surface area contributed by atoms with Gasteiger partial charge in [-0.15, -0.1) is 0 Å². The third-order valence-corrected chi connectivity index (χ3v) is 2.90. The fourth-order valence-electron chi connectivity index (χ4n) is 1.63. The Kier molecular flexibility index (Phi) is 5.85. The zero-order valence-electron chi connectivity index (χ0n) is 11.6. The van der Waals surface area contributed by atoms with Gasteiger partial charge in [0.1, 0.15) is 6.04 Å². The topological polar surface area (TPSA) is 56.1 Å². The summed E-state index contributed by atoms with van der Waals surface area (Å²) in [6, 6.07) is -0.176. The molecule has 1 aromatic rings. The monoisotopic (exact) mass is 253 g/mol. The number of nitrogens with zero attached hydrogens (tertiary/aromatic N) is 2. The van der Waals surface area contributed by atoms with Crippen LogP contribution >= 0.6 is 0 Å². The fraction of sp³-hybridized carbons (Fsp3) is 0.692. The molecule has 5 heteroatoms. The van der Waals surface area contributed by atoms with Gasteiger partial charge in [-0.25, -0.2) is 4.79 Å². The lowest BCUT2D eigenvalue weighted by atomic mass is 10.1. The van der Waals surface area contributed by atoms with Crippen LogP contribution in [0.4, 0.5) is 0 Å². The van der Waals surface area contributed by atoms with Gasteiger partial charge in [0.25, 0.3) is 0 Å². The molecule has 5 nitrogen and oxygen atoms in total. The second-order valence-corrected chi connectivity index (χ2v) is 4.29. The SMILES string of the molecule is CCOC(=O)C(NC(C)CC)c1cnn(CC)c1. The van der Waals surface area contributed by atoms with Gasteiger partial charge >= 0.3 is 5.97 Å². The summed E-state index contributed by atoms with van der Waals surface area (Å²) in [5, 5.41) is 7.48. The van der Waals surface area contributed by atoms with E-state index >= 15 is 0 Å². The van der Waals surface area contributed by atoms with Gasteiger partial charge < -0.3 is 4.74 Å². The number of carbonyl (C=O) groups is 1. The van der Waals surface area contributed by atoms with Gasteiger partial charge in [0.05, 0.1) is 12.8 Å². The van der Waals surface area contributed by atoms with Crippen LogP contribution in [0.15, 0.2) is 12.4 Å². The molecule has 0 spiro atoms. The van der Waals surface area contributed by atoms with E-state index < -0.39 is 6.04 Å². The van der Waals surface area contributed by atoms with Crippen LogP contribution in [-0.2, 0) is 16.1 Å². The van der Waals surface area contributed by atoms with Gasteiger partial charge in [-0.2, -0.15) is 5.10 Å². The Labute approximate surface area is 109 Å². The van der Waals surface area contributed by atoms with Crippen molar-refractivity contribution in [2.24, 2.45) is 0 Å². The van der Waals surface area contributed by atoms with Gasteiger partial charge in [-0.1, -0.05) is 6.92 Å². The highest BCUT2D eigenvalue weighted by atomic mass is 16.5. The number of hydrogen-bond donors (Lipinski definition) is 1. The minimum atomic E-state index is -0.430. The van der Waals surface area contributed by atoms with E-state index in [1.165, 1.54) is 0 Å². The molecular weight excluding hydrogens is 230 g/mol. The average Bonchev–Trinajstić information content (AvgIpc) is 2.84. The minimum absolute atomic E-state index is 0.242. The van der Waals surface area contributed by atoms with Gasteiger partial charge in [0.15, 0.2) is 0 Å². The van der Waals surface area contributed by atoms with Crippen molar-refractivity contribution in [3.8, 4) is 0 Å². The highest BCUT2D eigenvalue weighted by Crippen LogP contribution is 2.15. The second kappa shape index (κ2) is 7.16. The van der Waals surface area contributed by atoms with Gasteiger partial charge in [0, 0.05) is 24.3 Å². The molecule has 1 heterocycles. The first-order chi connectivity index (χ1) is 8.62. The van der Waals surface area contributed by atoms with Crippen LogP contribution in [0, 0.1) is 0 Å². The van der Waals surface area contributed by atoms with Crippen molar-refractivity contribution in [3.63, 3.8) is 0 Å².